The van der Waals surface area contributed by atoms with Gasteiger partial charge in [-0.2, -0.15) is 31.4 Å². The number of nitrogens with zero attached hydrogens (tertiary/aromatic N) is 5. The van der Waals surface area contributed by atoms with Crippen LogP contribution in [0.3, 0.4) is 0 Å². The minimum atomic E-state index is -5.08. The molecule has 0 aliphatic carbocycles. The molecule has 1 aliphatic rings. The van der Waals surface area contributed by atoms with Crippen LogP contribution in [0.2, 0.25) is 0 Å². The summed E-state index contributed by atoms with van der Waals surface area (Å²) >= 11 is 0. The van der Waals surface area contributed by atoms with E-state index in [2.05, 4.69) is 16.0 Å². The molecule has 40 heavy (non-hydrogen) atoms. The molecule has 1 unspecified atom stereocenters. The maximum atomic E-state index is 10.6. The van der Waals surface area contributed by atoms with Crippen LogP contribution in [0.15, 0.2) is 65.9 Å². The number of aliphatic carboxylic acids is 2. The molecule has 5 heterocycles. The van der Waals surface area contributed by atoms with Gasteiger partial charge in [0.05, 0.1) is 12.5 Å². The van der Waals surface area contributed by atoms with Crippen LogP contribution in [0.1, 0.15) is 23.7 Å². The third-order valence-electron chi connectivity index (χ3n) is 5.47. The first-order valence-corrected chi connectivity index (χ1v) is 11.3. The first kappa shape index (κ1) is 30.1. The van der Waals surface area contributed by atoms with Crippen molar-refractivity contribution in [2.45, 2.75) is 31.2 Å². The molecule has 0 spiro atoms. The fraction of sp³-hybridized carbons (Fsp3) is 0.292. The molecule has 1 fully saturated rings. The van der Waals surface area contributed by atoms with Crippen molar-refractivity contribution in [2.75, 3.05) is 13.1 Å². The van der Waals surface area contributed by atoms with Gasteiger partial charge in [0.2, 0.25) is 0 Å². The molecular formula is C24H21F6N5O5. The summed E-state index contributed by atoms with van der Waals surface area (Å²) in [6, 6.07) is 10.2. The Labute approximate surface area is 221 Å². The number of aromatic nitrogens is 4. The minimum absolute atomic E-state index is 0.381. The molecule has 214 valence electrons. The molecule has 2 N–H and O–H groups in total. The number of likely N-dealkylation sites (tertiary alicyclic amines) is 1. The third kappa shape index (κ3) is 8.52. The van der Waals surface area contributed by atoms with E-state index in [1.54, 1.807) is 18.7 Å². The van der Waals surface area contributed by atoms with Crippen molar-refractivity contribution in [2.24, 2.45) is 0 Å². The molecule has 0 radical (unpaired) electrons. The second kappa shape index (κ2) is 12.6. The van der Waals surface area contributed by atoms with Crippen molar-refractivity contribution >= 4 is 17.6 Å². The number of alkyl halides is 6. The molecule has 0 amide bonds. The summed E-state index contributed by atoms with van der Waals surface area (Å²) < 4.78 is 70.5. The maximum Gasteiger partial charge on any atom is 0.490 e. The fourth-order valence-corrected chi connectivity index (χ4v) is 3.62. The molecule has 4 aromatic heterocycles. The molecule has 1 aliphatic heterocycles. The summed E-state index contributed by atoms with van der Waals surface area (Å²) in [5.41, 5.74) is 4.36. The zero-order chi connectivity index (χ0) is 29.5. The Morgan fingerprint density at radius 1 is 0.950 bits per heavy atom. The van der Waals surface area contributed by atoms with Crippen molar-refractivity contribution in [1.29, 1.82) is 0 Å². The van der Waals surface area contributed by atoms with Gasteiger partial charge in [-0.1, -0.05) is 0 Å². The van der Waals surface area contributed by atoms with E-state index in [0.717, 1.165) is 48.7 Å². The van der Waals surface area contributed by atoms with Gasteiger partial charge < -0.3 is 14.6 Å². The Bertz CT molecular complexity index is 1380. The van der Waals surface area contributed by atoms with Gasteiger partial charge in [0.25, 0.3) is 0 Å². The second-order valence-corrected chi connectivity index (χ2v) is 8.38. The van der Waals surface area contributed by atoms with Gasteiger partial charge in [0.1, 0.15) is 0 Å². The van der Waals surface area contributed by atoms with E-state index in [1.165, 1.54) is 5.56 Å². The van der Waals surface area contributed by atoms with Gasteiger partial charge in [0, 0.05) is 48.7 Å². The van der Waals surface area contributed by atoms with Gasteiger partial charge in [0.15, 0.2) is 11.5 Å². The highest BCUT2D eigenvalue weighted by molar-refractivity contribution is 5.73. The average Bonchev–Trinajstić information content (AvgIpc) is 3.65. The van der Waals surface area contributed by atoms with E-state index in [-0.39, 0.29) is 0 Å². The summed E-state index contributed by atoms with van der Waals surface area (Å²) in [4.78, 5) is 29.1. The van der Waals surface area contributed by atoms with E-state index in [1.807, 2.05) is 41.2 Å². The fourth-order valence-electron chi connectivity index (χ4n) is 3.62. The summed E-state index contributed by atoms with van der Waals surface area (Å²) in [6.45, 7) is 2.97. The number of hydrogen-bond acceptors (Lipinski definition) is 7. The number of hydrogen-bond donors (Lipinski definition) is 2. The molecule has 16 heteroatoms. The lowest BCUT2D eigenvalue weighted by Gasteiger charge is -2.13. The van der Waals surface area contributed by atoms with E-state index in [9.17, 15) is 26.3 Å². The number of carbonyl (C=O) groups is 2. The number of furan rings is 1. The van der Waals surface area contributed by atoms with E-state index >= 15 is 0 Å². The lowest BCUT2D eigenvalue weighted by Crippen LogP contribution is -2.21. The molecule has 5 rings (SSSR count). The smallest absolute Gasteiger partial charge is 0.475 e. The van der Waals surface area contributed by atoms with Crippen molar-refractivity contribution in [3.05, 3.63) is 72.8 Å². The molecule has 1 atom stereocenters. The number of rotatable bonds is 4. The van der Waals surface area contributed by atoms with Gasteiger partial charge in [-0.15, -0.1) is 0 Å². The predicted molar refractivity (Wildman–Crippen MR) is 125 cm³/mol. The Kier molecular flexibility index (Phi) is 9.47. The zero-order valence-corrected chi connectivity index (χ0v) is 20.3. The lowest BCUT2D eigenvalue weighted by molar-refractivity contribution is -0.193. The first-order chi connectivity index (χ1) is 18.7. The number of pyridine rings is 2. The number of halogens is 6. The number of fused-ring (bicyclic) bond motifs is 1. The summed E-state index contributed by atoms with van der Waals surface area (Å²) in [6.07, 6.45) is 0.119. The monoisotopic (exact) mass is 573 g/mol. The molecular weight excluding hydrogens is 552 g/mol. The van der Waals surface area contributed by atoms with Crippen LogP contribution in [0, 0.1) is 0 Å². The minimum Gasteiger partial charge on any atom is -0.475 e. The normalized spacial score (nSPS) is 15.6. The molecule has 0 bridgehead atoms. The number of carboxylic acid groups (broad SMARTS) is 2. The largest absolute Gasteiger partial charge is 0.490 e. The molecule has 0 saturated carbocycles. The van der Waals surface area contributed by atoms with Crippen LogP contribution in [0.5, 0.6) is 0 Å². The second-order valence-electron chi connectivity index (χ2n) is 8.38. The van der Waals surface area contributed by atoms with Crippen LogP contribution in [-0.4, -0.2) is 72.1 Å². The summed E-state index contributed by atoms with van der Waals surface area (Å²) in [5.74, 6) is -4.20. The molecule has 4 aromatic rings. The number of carboxylic acids is 2. The van der Waals surface area contributed by atoms with Gasteiger partial charge in [-0.05, 0) is 48.9 Å². The third-order valence-corrected chi connectivity index (χ3v) is 5.47. The quantitative estimate of drug-likeness (QED) is 0.335. The average molecular weight is 573 g/mol. The first-order valence-electron chi connectivity index (χ1n) is 11.3. The zero-order valence-electron chi connectivity index (χ0n) is 20.3. The highest BCUT2D eigenvalue weighted by Crippen LogP contribution is 2.27. The maximum absolute atomic E-state index is 10.6. The summed E-state index contributed by atoms with van der Waals surface area (Å²) in [7, 11) is 0. The van der Waals surface area contributed by atoms with Crippen LogP contribution < -0.4 is 0 Å². The van der Waals surface area contributed by atoms with Crippen molar-refractivity contribution in [3.8, 4) is 11.1 Å². The van der Waals surface area contributed by atoms with Gasteiger partial charge in [-0.3, -0.25) is 9.88 Å². The predicted octanol–water partition coefficient (Wildman–Crippen LogP) is 4.64. The highest BCUT2D eigenvalue weighted by atomic mass is 19.4. The Morgan fingerprint density at radius 3 is 2.12 bits per heavy atom. The topological polar surface area (TPSA) is 134 Å². The Hall–Kier alpha value is -4.47. The Balaban J connectivity index is 0.000000263. The van der Waals surface area contributed by atoms with Crippen molar-refractivity contribution in [3.63, 3.8) is 0 Å². The van der Waals surface area contributed by atoms with E-state index in [4.69, 9.17) is 34.3 Å². The van der Waals surface area contributed by atoms with Crippen LogP contribution in [0.25, 0.3) is 16.8 Å². The van der Waals surface area contributed by atoms with Crippen LogP contribution >= 0.6 is 0 Å². The van der Waals surface area contributed by atoms with Crippen molar-refractivity contribution < 1.29 is 50.6 Å². The Morgan fingerprint density at radius 2 is 1.57 bits per heavy atom. The standard InChI is InChI=1S/C20H19N5O.2C2HF3O2/c1-2-19-22-20(18-5-9-24(12-18)11-15-6-10-26-14-15)23-25(19)13-17(1)16-3-7-21-8-4-16;2*3-2(4,5)1(6)7/h1-4,6-8,10,13-14,18H,5,9,11-12H2;2*(H,6,7). The van der Waals surface area contributed by atoms with Gasteiger partial charge in [-0.25, -0.2) is 19.1 Å². The molecule has 10 nitrogen and oxygen atoms in total. The SMILES string of the molecule is O=C(O)C(F)(F)F.O=C(O)C(F)(F)F.c1cc(-c2ccc3nc(C4CCN(Cc5ccoc5)C4)nn3c2)ccn1. The van der Waals surface area contributed by atoms with Crippen LogP contribution in [0.4, 0.5) is 26.3 Å². The summed E-state index contributed by atoms with van der Waals surface area (Å²) in [5, 5.41) is 19.0. The van der Waals surface area contributed by atoms with E-state index < -0.39 is 24.3 Å². The highest BCUT2D eigenvalue weighted by Gasteiger charge is 2.38. The van der Waals surface area contributed by atoms with E-state index in [0.29, 0.717) is 5.92 Å². The molecule has 1 saturated heterocycles. The van der Waals surface area contributed by atoms with Crippen molar-refractivity contribution in [1.82, 2.24) is 24.5 Å². The lowest BCUT2D eigenvalue weighted by atomic mass is 10.1. The molecule has 0 aromatic carbocycles. The van der Waals surface area contributed by atoms with Crippen LogP contribution in [-0.2, 0) is 16.1 Å². The van der Waals surface area contributed by atoms with Gasteiger partial charge >= 0.3 is 24.3 Å².